The van der Waals surface area contributed by atoms with E-state index in [1.165, 1.54) is 34.8 Å². The lowest BCUT2D eigenvalue weighted by molar-refractivity contribution is -0.139. The molecule has 1 fully saturated rings. The zero-order valence-corrected chi connectivity index (χ0v) is 19.1. The summed E-state index contributed by atoms with van der Waals surface area (Å²) in [6, 6.07) is 8.16. The Bertz CT molecular complexity index is 926. The Morgan fingerprint density at radius 2 is 2.10 bits per heavy atom. The van der Waals surface area contributed by atoms with Crippen molar-refractivity contribution in [2.75, 3.05) is 12.4 Å². The second-order valence-corrected chi connectivity index (χ2v) is 8.94. The van der Waals surface area contributed by atoms with Crippen molar-refractivity contribution in [3.05, 3.63) is 52.8 Å². The molecule has 1 aliphatic carbocycles. The minimum atomic E-state index is -2.70. The zero-order valence-electron chi connectivity index (χ0n) is 18.3. The van der Waals surface area contributed by atoms with Gasteiger partial charge in [0.2, 0.25) is 0 Å². The third kappa shape index (κ3) is 5.97. The van der Waals surface area contributed by atoms with Gasteiger partial charge in [-0.2, -0.15) is 5.10 Å². The first-order valence-corrected chi connectivity index (χ1v) is 11.8. The molecule has 4 nitrogen and oxygen atoms in total. The lowest BCUT2D eigenvalue weighted by atomic mass is 9.91. The predicted octanol–water partition coefficient (Wildman–Crippen LogP) is 6.45. The Kier molecular flexibility index (Phi) is 8.29. The summed E-state index contributed by atoms with van der Waals surface area (Å²) in [5, 5.41) is 3.95. The number of thioether (sulfide) groups is 1. The van der Waals surface area contributed by atoms with Gasteiger partial charge in [0.1, 0.15) is 5.69 Å². The van der Waals surface area contributed by atoms with E-state index >= 15 is 0 Å². The van der Waals surface area contributed by atoms with Gasteiger partial charge in [0.15, 0.2) is 0 Å². The number of ether oxygens (including phenoxy) is 1. The van der Waals surface area contributed by atoms with E-state index in [1.54, 1.807) is 20.2 Å². The number of alkyl halides is 2. The molecule has 0 radical (unpaired) electrons. The van der Waals surface area contributed by atoms with Gasteiger partial charge < -0.3 is 4.74 Å². The van der Waals surface area contributed by atoms with Crippen molar-refractivity contribution < 1.29 is 18.3 Å². The molecule has 7 heteroatoms. The number of carbonyl (C=O) groups is 1. The Balaban J connectivity index is 1.99. The van der Waals surface area contributed by atoms with Crippen LogP contribution in [-0.2, 0) is 16.6 Å². The summed E-state index contributed by atoms with van der Waals surface area (Å²) in [4.78, 5) is 12.6. The number of nitrogens with zero attached hydrogens (tertiary/aromatic N) is 2. The first-order valence-electron chi connectivity index (χ1n) is 10.8. The molecule has 31 heavy (non-hydrogen) atoms. The fraction of sp³-hybridized carbons (Fsp3) is 0.500. The largest absolute Gasteiger partial charge is 0.465 e. The lowest BCUT2D eigenvalue weighted by Gasteiger charge is -2.15. The Labute approximate surface area is 187 Å². The average molecular weight is 449 g/mol. The summed E-state index contributed by atoms with van der Waals surface area (Å²) in [5.74, 6) is 0.900. The van der Waals surface area contributed by atoms with Gasteiger partial charge in [-0.3, -0.25) is 9.48 Å². The molecule has 1 aliphatic rings. The number of hydrogen-bond donors (Lipinski definition) is 0. The fourth-order valence-electron chi connectivity index (χ4n) is 4.28. The highest BCUT2D eigenvalue weighted by atomic mass is 32.2. The van der Waals surface area contributed by atoms with E-state index in [-0.39, 0.29) is 24.0 Å². The Hall–Kier alpha value is -2.15. The van der Waals surface area contributed by atoms with Crippen LogP contribution in [0.4, 0.5) is 8.78 Å². The van der Waals surface area contributed by atoms with Crippen LogP contribution in [0.25, 0.3) is 11.0 Å². The van der Waals surface area contributed by atoms with Gasteiger partial charge >= 0.3 is 5.97 Å². The van der Waals surface area contributed by atoms with Crippen LogP contribution < -0.4 is 0 Å². The minimum absolute atomic E-state index is 0.0563. The van der Waals surface area contributed by atoms with E-state index in [2.05, 4.69) is 18.1 Å². The van der Waals surface area contributed by atoms with Crippen molar-refractivity contribution in [2.24, 2.45) is 13.0 Å². The molecule has 2 aromatic rings. The zero-order chi connectivity index (χ0) is 22.4. The first kappa shape index (κ1) is 23.5. The van der Waals surface area contributed by atoms with Crippen molar-refractivity contribution in [3.63, 3.8) is 0 Å². The third-order valence-corrected chi connectivity index (χ3v) is 6.85. The van der Waals surface area contributed by atoms with Crippen LogP contribution in [0.1, 0.15) is 74.3 Å². The highest BCUT2D eigenvalue weighted by molar-refractivity contribution is 8.09. The highest BCUT2D eigenvalue weighted by Crippen LogP contribution is 2.42. The molecule has 0 saturated heterocycles. The normalized spacial score (nSPS) is 19.2. The molecule has 0 amide bonds. The molecular weight excluding hydrogens is 418 g/mol. The third-order valence-electron chi connectivity index (χ3n) is 5.82. The van der Waals surface area contributed by atoms with Gasteiger partial charge in [0.25, 0.3) is 6.43 Å². The van der Waals surface area contributed by atoms with E-state index < -0.39 is 6.43 Å². The van der Waals surface area contributed by atoms with Gasteiger partial charge in [-0.25, -0.2) is 8.78 Å². The smallest absolute Gasteiger partial charge is 0.316 e. The summed E-state index contributed by atoms with van der Waals surface area (Å²) in [7, 11) is 1.63. The van der Waals surface area contributed by atoms with Gasteiger partial charge in [-0.15, -0.1) is 11.8 Å². The number of benzene rings is 1. The van der Waals surface area contributed by atoms with E-state index in [4.69, 9.17) is 4.74 Å². The highest BCUT2D eigenvalue weighted by Gasteiger charge is 2.26. The molecule has 168 valence electrons. The predicted molar refractivity (Wildman–Crippen MR) is 122 cm³/mol. The molecule has 1 heterocycles. The van der Waals surface area contributed by atoms with Gasteiger partial charge in [0, 0.05) is 23.7 Å². The molecule has 3 rings (SSSR count). The minimum Gasteiger partial charge on any atom is -0.465 e. The second kappa shape index (κ2) is 10.9. The van der Waals surface area contributed by atoms with Crippen LogP contribution in [0.15, 0.2) is 30.5 Å². The summed E-state index contributed by atoms with van der Waals surface area (Å²) in [5.41, 5.74) is 2.35. The van der Waals surface area contributed by atoms with Crippen LogP contribution in [0.2, 0.25) is 0 Å². The Morgan fingerprint density at radius 3 is 2.77 bits per heavy atom. The molecule has 1 aromatic heterocycles. The number of esters is 1. The second-order valence-electron chi connectivity index (χ2n) is 7.92. The monoisotopic (exact) mass is 448 g/mol. The number of hydrogen-bond acceptors (Lipinski definition) is 4. The topological polar surface area (TPSA) is 44.1 Å². The standard InChI is InChI=1S/C24H30F2N2O2S/c1-4-16-10-11-18(12-16)19-9-7-6-8-17(19)13-21(31-15-22(29)30-5-2)20-14-28(3)27-23(20)24(25)26/h6-9,13-14,16,18,24H,4-5,10-12,15H2,1-3H3/b21-13+. The number of aryl methyl sites for hydroxylation is 1. The van der Waals surface area contributed by atoms with Crippen LogP contribution in [0.3, 0.4) is 0 Å². The van der Waals surface area contributed by atoms with Crippen LogP contribution in [-0.4, -0.2) is 28.1 Å². The van der Waals surface area contributed by atoms with Crippen LogP contribution >= 0.6 is 11.8 Å². The SMILES string of the molecule is CCOC(=O)CS/C(=C/c1ccccc1C1CCC(CC)C1)c1cn(C)nc1C(F)F. The van der Waals surface area contributed by atoms with Gasteiger partial charge in [0.05, 0.1) is 12.4 Å². The fourth-order valence-corrected chi connectivity index (χ4v) is 5.16. The van der Waals surface area contributed by atoms with Crippen molar-refractivity contribution >= 4 is 28.7 Å². The molecule has 2 unspecified atom stereocenters. The first-order chi connectivity index (χ1) is 14.9. The molecule has 1 aromatic carbocycles. The van der Waals surface area contributed by atoms with Gasteiger partial charge in [-0.05, 0) is 55.2 Å². The average Bonchev–Trinajstić information content (AvgIpc) is 3.38. The maximum atomic E-state index is 13.7. The lowest BCUT2D eigenvalue weighted by Crippen LogP contribution is -2.07. The maximum absolute atomic E-state index is 13.7. The molecule has 0 bridgehead atoms. The summed E-state index contributed by atoms with van der Waals surface area (Å²) >= 11 is 1.22. The van der Waals surface area contributed by atoms with Crippen molar-refractivity contribution in [3.8, 4) is 0 Å². The Morgan fingerprint density at radius 1 is 1.32 bits per heavy atom. The quantitative estimate of drug-likeness (QED) is 0.414. The maximum Gasteiger partial charge on any atom is 0.316 e. The molecule has 2 atom stereocenters. The summed E-state index contributed by atoms with van der Waals surface area (Å²) in [6.07, 6.45) is 5.53. The van der Waals surface area contributed by atoms with Crippen molar-refractivity contribution in [1.29, 1.82) is 0 Å². The molecule has 0 aliphatic heterocycles. The number of halogens is 2. The van der Waals surface area contributed by atoms with E-state index in [0.717, 1.165) is 24.3 Å². The molecule has 0 spiro atoms. The van der Waals surface area contributed by atoms with E-state index in [0.29, 0.717) is 16.4 Å². The number of aromatic nitrogens is 2. The summed E-state index contributed by atoms with van der Waals surface area (Å²) in [6.45, 7) is 4.27. The van der Waals surface area contributed by atoms with Crippen LogP contribution in [0, 0.1) is 5.92 Å². The molecule has 1 saturated carbocycles. The van der Waals surface area contributed by atoms with E-state index in [1.807, 2.05) is 24.3 Å². The molecule has 0 N–H and O–H groups in total. The summed E-state index contributed by atoms with van der Waals surface area (Å²) < 4.78 is 33.8. The molecular formula is C24H30F2N2O2S. The van der Waals surface area contributed by atoms with Crippen LogP contribution in [0.5, 0.6) is 0 Å². The van der Waals surface area contributed by atoms with Crippen molar-refractivity contribution in [2.45, 2.75) is 51.9 Å². The number of carbonyl (C=O) groups excluding carboxylic acids is 1. The van der Waals surface area contributed by atoms with Gasteiger partial charge in [-0.1, -0.05) is 37.6 Å². The number of rotatable bonds is 9. The van der Waals surface area contributed by atoms with E-state index in [9.17, 15) is 13.6 Å². The van der Waals surface area contributed by atoms with Crippen molar-refractivity contribution in [1.82, 2.24) is 9.78 Å².